The second kappa shape index (κ2) is 7.40. The minimum Gasteiger partial charge on any atom is -0.493 e. The van der Waals surface area contributed by atoms with Crippen molar-refractivity contribution in [3.8, 4) is 5.75 Å². The number of aromatic carboxylic acids is 1. The van der Waals surface area contributed by atoms with Crippen LogP contribution in [0.5, 0.6) is 5.75 Å². The Balaban J connectivity index is 1.73. The quantitative estimate of drug-likeness (QED) is 0.829. The number of benzene rings is 1. The highest BCUT2D eigenvalue weighted by atomic mass is 32.2. The molecule has 0 radical (unpaired) electrons. The van der Waals surface area contributed by atoms with Crippen molar-refractivity contribution in [3.63, 3.8) is 0 Å². The lowest BCUT2D eigenvalue weighted by Gasteiger charge is -2.10. The van der Waals surface area contributed by atoms with Gasteiger partial charge in [-0.05, 0) is 31.0 Å². The van der Waals surface area contributed by atoms with Crippen LogP contribution in [-0.4, -0.2) is 46.1 Å². The summed E-state index contributed by atoms with van der Waals surface area (Å²) in [5, 5.41) is 8.86. The highest BCUT2D eigenvalue weighted by molar-refractivity contribution is 7.85. The Bertz CT molecular complexity index is 482. The van der Waals surface area contributed by atoms with Crippen LogP contribution in [0, 0.1) is 0 Å². The summed E-state index contributed by atoms with van der Waals surface area (Å²) in [6, 6.07) is 6.29. The third-order valence-electron chi connectivity index (χ3n) is 3.06. The number of hydrogen-bond donors (Lipinski definition) is 1. The van der Waals surface area contributed by atoms with Crippen molar-refractivity contribution in [2.24, 2.45) is 0 Å². The van der Waals surface area contributed by atoms with E-state index in [0.29, 0.717) is 23.9 Å². The van der Waals surface area contributed by atoms with Crippen LogP contribution in [0.4, 0.5) is 0 Å². The monoisotopic (exact) mass is 298 g/mol. The summed E-state index contributed by atoms with van der Waals surface area (Å²) < 4.78 is 22.7. The van der Waals surface area contributed by atoms with Crippen LogP contribution in [0.3, 0.4) is 0 Å². The van der Waals surface area contributed by atoms with Gasteiger partial charge in [0.1, 0.15) is 5.75 Å². The lowest BCUT2D eigenvalue weighted by molar-refractivity contribution is 0.0696. The highest BCUT2D eigenvalue weighted by Crippen LogP contribution is 2.14. The predicted octanol–water partition coefficient (Wildman–Crippen LogP) is 1.69. The van der Waals surface area contributed by atoms with Gasteiger partial charge in [-0.25, -0.2) is 4.79 Å². The maximum absolute atomic E-state index is 11.8. The van der Waals surface area contributed by atoms with Gasteiger partial charge in [0.25, 0.3) is 0 Å². The molecular weight excluding hydrogens is 280 g/mol. The molecule has 20 heavy (non-hydrogen) atoms. The van der Waals surface area contributed by atoms with Crippen LogP contribution < -0.4 is 4.74 Å². The average Bonchev–Trinajstić information content (AvgIpc) is 2.92. The second-order valence-electron chi connectivity index (χ2n) is 4.63. The molecule has 2 unspecified atom stereocenters. The van der Waals surface area contributed by atoms with Gasteiger partial charge in [0.2, 0.25) is 0 Å². The van der Waals surface area contributed by atoms with Gasteiger partial charge in [0, 0.05) is 23.2 Å². The number of carbonyl (C=O) groups is 1. The van der Waals surface area contributed by atoms with E-state index in [-0.39, 0.29) is 11.7 Å². The molecule has 5 nitrogen and oxygen atoms in total. The number of carboxylic acids is 1. The molecule has 2 rings (SSSR count). The van der Waals surface area contributed by atoms with Crippen LogP contribution in [0.15, 0.2) is 24.3 Å². The Morgan fingerprint density at radius 2 is 2.35 bits per heavy atom. The number of rotatable bonds is 7. The number of ether oxygens (including phenoxy) is 2. The highest BCUT2D eigenvalue weighted by Gasteiger charge is 2.18. The van der Waals surface area contributed by atoms with E-state index >= 15 is 0 Å². The molecule has 1 aliphatic rings. The van der Waals surface area contributed by atoms with E-state index in [0.717, 1.165) is 19.4 Å². The molecule has 6 heteroatoms. The van der Waals surface area contributed by atoms with E-state index in [4.69, 9.17) is 14.6 Å². The third-order valence-corrected chi connectivity index (χ3v) is 4.42. The van der Waals surface area contributed by atoms with Crippen LogP contribution >= 0.6 is 0 Å². The van der Waals surface area contributed by atoms with E-state index in [2.05, 4.69) is 0 Å². The molecule has 0 amide bonds. The van der Waals surface area contributed by atoms with Crippen molar-refractivity contribution < 1.29 is 23.6 Å². The van der Waals surface area contributed by atoms with Crippen LogP contribution in [0.2, 0.25) is 0 Å². The van der Waals surface area contributed by atoms with Crippen LogP contribution in [0.25, 0.3) is 0 Å². The largest absolute Gasteiger partial charge is 0.493 e. The average molecular weight is 298 g/mol. The summed E-state index contributed by atoms with van der Waals surface area (Å²) in [5.74, 6) is 0.479. The number of carboxylic acid groups (broad SMARTS) is 1. The van der Waals surface area contributed by atoms with Crippen molar-refractivity contribution in [2.75, 3.05) is 24.7 Å². The van der Waals surface area contributed by atoms with E-state index in [1.165, 1.54) is 12.1 Å². The minimum atomic E-state index is -0.989. The molecule has 1 aromatic carbocycles. The maximum Gasteiger partial charge on any atom is 0.335 e. The summed E-state index contributed by atoms with van der Waals surface area (Å²) >= 11 is 0. The number of hydrogen-bond acceptors (Lipinski definition) is 4. The van der Waals surface area contributed by atoms with Gasteiger partial charge in [-0.3, -0.25) is 4.21 Å². The Morgan fingerprint density at radius 1 is 1.50 bits per heavy atom. The van der Waals surface area contributed by atoms with E-state index in [1.807, 2.05) is 0 Å². The molecule has 0 saturated carbocycles. The van der Waals surface area contributed by atoms with E-state index < -0.39 is 16.8 Å². The van der Waals surface area contributed by atoms with Gasteiger partial charge >= 0.3 is 5.97 Å². The first kappa shape index (κ1) is 15.0. The maximum atomic E-state index is 11.8. The van der Waals surface area contributed by atoms with Crippen molar-refractivity contribution in [2.45, 2.75) is 18.9 Å². The fraction of sp³-hybridized carbons (Fsp3) is 0.500. The molecular formula is C14H18O5S. The molecule has 1 saturated heterocycles. The van der Waals surface area contributed by atoms with Crippen molar-refractivity contribution in [3.05, 3.63) is 29.8 Å². The third kappa shape index (κ3) is 4.61. The zero-order valence-corrected chi connectivity index (χ0v) is 11.9. The summed E-state index contributed by atoms with van der Waals surface area (Å²) in [6.45, 7) is 1.07. The van der Waals surface area contributed by atoms with Crippen molar-refractivity contribution in [1.29, 1.82) is 0 Å². The molecule has 1 N–H and O–H groups in total. The SMILES string of the molecule is O=C(O)c1cccc(OCCS(=O)CC2CCCO2)c1. The van der Waals surface area contributed by atoms with Gasteiger partial charge in [-0.2, -0.15) is 0 Å². The standard InChI is InChI=1S/C14H18O5S/c15-14(16)11-3-1-4-12(9-11)19-7-8-20(17)10-13-5-2-6-18-13/h1,3-4,9,13H,2,5-8,10H2,(H,15,16). The molecule has 1 fully saturated rings. The Hall–Kier alpha value is -1.40. The fourth-order valence-corrected chi connectivity index (χ4v) is 3.15. The van der Waals surface area contributed by atoms with Gasteiger partial charge in [-0.1, -0.05) is 6.07 Å². The minimum absolute atomic E-state index is 0.117. The van der Waals surface area contributed by atoms with Crippen molar-refractivity contribution >= 4 is 16.8 Å². The molecule has 2 atom stereocenters. The van der Waals surface area contributed by atoms with E-state index in [1.54, 1.807) is 12.1 Å². The molecule has 0 aliphatic carbocycles. The van der Waals surface area contributed by atoms with Gasteiger partial charge in [0.15, 0.2) is 0 Å². The molecule has 0 bridgehead atoms. The molecule has 0 spiro atoms. The molecule has 1 aliphatic heterocycles. The zero-order chi connectivity index (χ0) is 14.4. The molecule has 1 aromatic rings. The van der Waals surface area contributed by atoms with Gasteiger partial charge in [0.05, 0.1) is 24.0 Å². The summed E-state index contributed by atoms with van der Waals surface area (Å²) in [6.07, 6.45) is 2.14. The predicted molar refractivity (Wildman–Crippen MR) is 75.7 cm³/mol. The summed E-state index contributed by atoms with van der Waals surface area (Å²) in [7, 11) is -0.964. The molecule has 110 valence electrons. The van der Waals surface area contributed by atoms with Gasteiger partial charge < -0.3 is 14.6 Å². The smallest absolute Gasteiger partial charge is 0.335 e. The topological polar surface area (TPSA) is 72.8 Å². The summed E-state index contributed by atoms with van der Waals surface area (Å²) in [4.78, 5) is 10.8. The lowest BCUT2D eigenvalue weighted by atomic mass is 10.2. The van der Waals surface area contributed by atoms with Crippen LogP contribution in [0.1, 0.15) is 23.2 Å². The van der Waals surface area contributed by atoms with E-state index in [9.17, 15) is 9.00 Å². The lowest BCUT2D eigenvalue weighted by Crippen LogP contribution is -2.20. The molecule has 1 heterocycles. The first-order valence-electron chi connectivity index (χ1n) is 6.58. The summed E-state index contributed by atoms with van der Waals surface area (Å²) in [5.41, 5.74) is 0.183. The second-order valence-corrected chi connectivity index (χ2v) is 6.25. The van der Waals surface area contributed by atoms with Crippen LogP contribution in [-0.2, 0) is 15.5 Å². The normalized spacial score (nSPS) is 19.7. The fourth-order valence-electron chi connectivity index (χ4n) is 2.04. The van der Waals surface area contributed by atoms with Gasteiger partial charge in [-0.15, -0.1) is 0 Å². The first-order chi connectivity index (χ1) is 9.65. The molecule has 0 aromatic heterocycles. The Labute approximate surface area is 120 Å². The zero-order valence-electron chi connectivity index (χ0n) is 11.1. The Morgan fingerprint density at radius 3 is 3.05 bits per heavy atom. The van der Waals surface area contributed by atoms with Crippen molar-refractivity contribution in [1.82, 2.24) is 0 Å². The Kier molecular flexibility index (Phi) is 5.55. The first-order valence-corrected chi connectivity index (χ1v) is 8.06.